The van der Waals surface area contributed by atoms with Crippen molar-refractivity contribution in [2.75, 3.05) is 18.5 Å². The molecule has 3 rings (SSSR count). The van der Waals surface area contributed by atoms with Crippen molar-refractivity contribution >= 4 is 28.2 Å². The number of carbonyl (C=O) groups excluding carboxylic acids is 2. The molecule has 0 saturated heterocycles. The van der Waals surface area contributed by atoms with Gasteiger partial charge in [-0.15, -0.1) is 11.3 Å². The SMILES string of the molecule is C=C(C)COc1cccc(C(=O)Nc2sc3c(c2C(=O)OCC)CCCC3)c1. The molecule has 148 valence electrons. The molecule has 1 N–H and O–H groups in total. The molecular formula is C22H25NO4S. The van der Waals surface area contributed by atoms with Crippen molar-refractivity contribution in [3.05, 3.63) is 58.0 Å². The van der Waals surface area contributed by atoms with Crippen LogP contribution in [0.15, 0.2) is 36.4 Å². The molecule has 0 fully saturated rings. The number of esters is 1. The van der Waals surface area contributed by atoms with Crippen LogP contribution in [0.5, 0.6) is 5.75 Å². The Balaban J connectivity index is 1.84. The summed E-state index contributed by atoms with van der Waals surface area (Å²) in [5.74, 6) is -0.0348. The number of anilines is 1. The molecular weight excluding hydrogens is 374 g/mol. The number of hydrogen-bond acceptors (Lipinski definition) is 5. The largest absolute Gasteiger partial charge is 0.489 e. The van der Waals surface area contributed by atoms with Crippen LogP contribution in [0.3, 0.4) is 0 Å². The fourth-order valence-corrected chi connectivity index (χ4v) is 4.45. The Bertz CT molecular complexity index is 900. The number of ether oxygens (including phenoxy) is 2. The lowest BCUT2D eigenvalue weighted by Gasteiger charge is -2.12. The zero-order valence-corrected chi connectivity index (χ0v) is 17.1. The highest BCUT2D eigenvalue weighted by atomic mass is 32.1. The van der Waals surface area contributed by atoms with E-state index in [1.54, 1.807) is 31.2 Å². The van der Waals surface area contributed by atoms with E-state index < -0.39 is 0 Å². The smallest absolute Gasteiger partial charge is 0.341 e. The number of carbonyl (C=O) groups is 2. The van der Waals surface area contributed by atoms with Crippen molar-refractivity contribution in [1.29, 1.82) is 0 Å². The fourth-order valence-electron chi connectivity index (χ4n) is 3.18. The zero-order valence-electron chi connectivity index (χ0n) is 16.3. The molecule has 6 heteroatoms. The van der Waals surface area contributed by atoms with E-state index in [0.717, 1.165) is 36.8 Å². The normalized spacial score (nSPS) is 12.8. The van der Waals surface area contributed by atoms with Crippen LogP contribution in [0.1, 0.15) is 57.8 Å². The Morgan fingerprint density at radius 3 is 2.79 bits per heavy atom. The Labute approximate surface area is 169 Å². The monoisotopic (exact) mass is 399 g/mol. The summed E-state index contributed by atoms with van der Waals surface area (Å²) in [5.41, 5.74) is 2.92. The quantitative estimate of drug-likeness (QED) is 0.525. The zero-order chi connectivity index (χ0) is 20.1. The van der Waals surface area contributed by atoms with Gasteiger partial charge in [-0.05, 0) is 68.9 Å². The summed E-state index contributed by atoms with van der Waals surface area (Å²) in [7, 11) is 0. The summed E-state index contributed by atoms with van der Waals surface area (Å²) in [6, 6.07) is 6.98. The van der Waals surface area contributed by atoms with Gasteiger partial charge in [0.2, 0.25) is 0 Å². The predicted octanol–water partition coefficient (Wildman–Crippen LogP) is 5.01. The van der Waals surface area contributed by atoms with Crippen molar-refractivity contribution in [2.45, 2.75) is 39.5 Å². The van der Waals surface area contributed by atoms with E-state index in [9.17, 15) is 9.59 Å². The molecule has 0 aliphatic heterocycles. The average molecular weight is 400 g/mol. The second-order valence-corrected chi connectivity index (χ2v) is 7.97. The third-order valence-electron chi connectivity index (χ3n) is 4.46. The summed E-state index contributed by atoms with van der Waals surface area (Å²) in [6.07, 6.45) is 3.93. The van der Waals surface area contributed by atoms with Crippen molar-refractivity contribution in [2.24, 2.45) is 0 Å². The number of benzene rings is 1. The van der Waals surface area contributed by atoms with Crippen molar-refractivity contribution in [1.82, 2.24) is 0 Å². The van der Waals surface area contributed by atoms with E-state index in [-0.39, 0.29) is 11.9 Å². The third kappa shape index (κ3) is 4.62. The molecule has 1 aromatic carbocycles. The highest BCUT2D eigenvalue weighted by Crippen LogP contribution is 2.38. The van der Waals surface area contributed by atoms with Gasteiger partial charge in [0.1, 0.15) is 17.4 Å². The second-order valence-electron chi connectivity index (χ2n) is 6.86. The first kappa shape index (κ1) is 20.1. The van der Waals surface area contributed by atoms with Crippen molar-refractivity contribution in [3.63, 3.8) is 0 Å². The second kappa shape index (κ2) is 9.06. The number of rotatable bonds is 7. The van der Waals surface area contributed by atoms with Gasteiger partial charge in [-0.1, -0.05) is 12.6 Å². The predicted molar refractivity (Wildman–Crippen MR) is 112 cm³/mol. The van der Waals surface area contributed by atoms with Crippen LogP contribution in [0.2, 0.25) is 0 Å². The highest BCUT2D eigenvalue weighted by molar-refractivity contribution is 7.17. The van der Waals surface area contributed by atoms with Crippen LogP contribution in [-0.4, -0.2) is 25.1 Å². The van der Waals surface area contributed by atoms with Crippen LogP contribution in [0.4, 0.5) is 5.00 Å². The van der Waals surface area contributed by atoms with Gasteiger partial charge in [-0.3, -0.25) is 4.79 Å². The molecule has 5 nitrogen and oxygen atoms in total. The van der Waals surface area contributed by atoms with Gasteiger partial charge >= 0.3 is 5.97 Å². The van der Waals surface area contributed by atoms with Gasteiger partial charge in [0.15, 0.2) is 0 Å². The van der Waals surface area contributed by atoms with Crippen LogP contribution < -0.4 is 10.1 Å². The first-order chi connectivity index (χ1) is 13.5. The lowest BCUT2D eigenvalue weighted by molar-refractivity contribution is 0.0526. The first-order valence-electron chi connectivity index (χ1n) is 9.49. The van der Waals surface area contributed by atoms with E-state index in [4.69, 9.17) is 9.47 Å². The van der Waals surface area contributed by atoms with E-state index in [0.29, 0.717) is 35.1 Å². The molecule has 0 radical (unpaired) electrons. The first-order valence-corrected chi connectivity index (χ1v) is 10.3. The lowest BCUT2D eigenvalue weighted by Crippen LogP contribution is -2.16. The van der Waals surface area contributed by atoms with Crippen LogP contribution in [-0.2, 0) is 17.6 Å². The van der Waals surface area contributed by atoms with Crippen molar-refractivity contribution < 1.29 is 19.1 Å². The molecule has 0 saturated carbocycles. The van der Waals surface area contributed by atoms with Crippen LogP contribution in [0, 0.1) is 0 Å². The molecule has 1 aliphatic carbocycles. The van der Waals surface area contributed by atoms with Gasteiger partial charge in [0.25, 0.3) is 5.91 Å². The summed E-state index contributed by atoms with van der Waals surface area (Å²) >= 11 is 1.48. The number of hydrogen-bond donors (Lipinski definition) is 1. The number of fused-ring (bicyclic) bond motifs is 1. The molecule has 0 unspecified atom stereocenters. The standard InChI is InChI=1S/C22H25NO4S/c1-4-26-22(25)19-17-10-5-6-11-18(17)28-21(19)23-20(24)15-8-7-9-16(12-15)27-13-14(2)3/h7-9,12H,2,4-6,10-11,13H2,1,3H3,(H,23,24). The molecule has 28 heavy (non-hydrogen) atoms. The number of thiophene rings is 1. The van der Waals surface area contributed by atoms with Gasteiger partial charge < -0.3 is 14.8 Å². The van der Waals surface area contributed by atoms with E-state index >= 15 is 0 Å². The summed E-state index contributed by atoms with van der Waals surface area (Å²) in [5, 5.41) is 3.49. The van der Waals surface area contributed by atoms with E-state index in [1.807, 2.05) is 6.92 Å². The Morgan fingerprint density at radius 1 is 1.25 bits per heavy atom. The highest BCUT2D eigenvalue weighted by Gasteiger charge is 2.27. The summed E-state index contributed by atoms with van der Waals surface area (Å²) in [6.45, 7) is 8.18. The topological polar surface area (TPSA) is 64.6 Å². The molecule has 2 aromatic rings. The Morgan fingerprint density at radius 2 is 2.04 bits per heavy atom. The minimum Gasteiger partial charge on any atom is -0.489 e. The lowest BCUT2D eigenvalue weighted by atomic mass is 9.95. The van der Waals surface area contributed by atoms with E-state index in [1.165, 1.54) is 16.2 Å². The maximum atomic E-state index is 12.8. The average Bonchev–Trinajstić information content (AvgIpc) is 3.04. The number of aryl methyl sites for hydroxylation is 1. The maximum Gasteiger partial charge on any atom is 0.341 e. The molecule has 1 aromatic heterocycles. The summed E-state index contributed by atoms with van der Waals surface area (Å²) < 4.78 is 10.9. The van der Waals surface area contributed by atoms with Gasteiger partial charge in [-0.2, -0.15) is 0 Å². The maximum absolute atomic E-state index is 12.8. The minimum atomic E-state index is -0.365. The summed E-state index contributed by atoms with van der Waals surface area (Å²) in [4.78, 5) is 26.5. The molecule has 0 bridgehead atoms. The Kier molecular flexibility index (Phi) is 6.52. The van der Waals surface area contributed by atoms with Gasteiger partial charge in [0.05, 0.1) is 12.2 Å². The van der Waals surface area contributed by atoms with Gasteiger partial charge in [0, 0.05) is 10.4 Å². The van der Waals surface area contributed by atoms with Crippen LogP contribution >= 0.6 is 11.3 Å². The molecule has 1 amide bonds. The fraction of sp³-hybridized carbons (Fsp3) is 0.364. The number of nitrogens with one attached hydrogen (secondary N) is 1. The number of amides is 1. The van der Waals surface area contributed by atoms with Crippen LogP contribution in [0.25, 0.3) is 0 Å². The van der Waals surface area contributed by atoms with Crippen molar-refractivity contribution in [3.8, 4) is 5.75 Å². The molecule has 1 heterocycles. The molecule has 0 spiro atoms. The molecule has 0 atom stereocenters. The minimum absolute atomic E-state index is 0.273. The third-order valence-corrected chi connectivity index (χ3v) is 5.67. The van der Waals surface area contributed by atoms with E-state index in [2.05, 4.69) is 11.9 Å². The Hall–Kier alpha value is -2.60. The van der Waals surface area contributed by atoms with Gasteiger partial charge in [-0.25, -0.2) is 4.79 Å². The molecule has 1 aliphatic rings.